The van der Waals surface area contributed by atoms with E-state index in [9.17, 15) is 4.79 Å². The second-order valence-electron chi connectivity index (χ2n) is 2.12. The van der Waals surface area contributed by atoms with E-state index >= 15 is 0 Å². The quantitative estimate of drug-likeness (QED) is 0.555. The Morgan fingerprint density at radius 2 is 2.55 bits per heavy atom. The van der Waals surface area contributed by atoms with Crippen LogP contribution in [0, 0.1) is 6.92 Å². The van der Waals surface area contributed by atoms with Gasteiger partial charge in [-0.3, -0.25) is 4.79 Å². The van der Waals surface area contributed by atoms with Crippen molar-refractivity contribution in [3.05, 3.63) is 17.8 Å². The first-order valence-corrected chi connectivity index (χ1v) is 3.07. The third-order valence-electron chi connectivity index (χ3n) is 1.50. The van der Waals surface area contributed by atoms with Crippen molar-refractivity contribution in [3.8, 4) is 0 Å². The first-order valence-electron chi connectivity index (χ1n) is 3.07. The standard InChI is InChI=1S/C6H5N3O2/c1-4-5(2-10)11-6-7-3-8-9(4)6/h2-3H,1H3. The monoisotopic (exact) mass is 151 g/mol. The van der Waals surface area contributed by atoms with Crippen LogP contribution in [0.25, 0.3) is 5.84 Å². The van der Waals surface area contributed by atoms with E-state index in [1.54, 1.807) is 6.92 Å². The number of aromatic nitrogens is 3. The summed E-state index contributed by atoms with van der Waals surface area (Å²) in [7, 11) is 0. The van der Waals surface area contributed by atoms with E-state index in [4.69, 9.17) is 4.42 Å². The zero-order valence-corrected chi connectivity index (χ0v) is 5.81. The molecule has 0 aliphatic rings. The lowest BCUT2D eigenvalue weighted by Gasteiger charge is -1.81. The Balaban J connectivity index is 2.86. The third-order valence-corrected chi connectivity index (χ3v) is 1.50. The van der Waals surface area contributed by atoms with Crippen LogP contribution >= 0.6 is 0 Å². The van der Waals surface area contributed by atoms with Gasteiger partial charge in [-0.1, -0.05) is 0 Å². The fourth-order valence-electron chi connectivity index (χ4n) is 0.916. The van der Waals surface area contributed by atoms with Gasteiger partial charge >= 0.3 is 5.84 Å². The molecule has 11 heavy (non-hydrogen) atoms. The molecule has 2 rings (SSSR count). The third kappa shape index (κ3) is 0.674. The number of hydrogen-bond donors (Lipinski definition) is 0. The number of carbonyl (C=O) groups is 1. The van der Waals surface area contributed by atoms with Gasteiger partial charge < -0.3 is 4.42 Å². The van der Waals surface area contributed by atoms with Crippen LogP contribution in [0.2, 0.25) is 0 Å². The highest BCUT2D eigenvalue weighted by molar-refractivity contribution is 5.72. The van der Waals surface area contributed by atoms with Crippen LogP contribution in [0.1, 0.15) is 16.2 Å². The molecule has 0 saturated carbocycles. The minimum absolute atomic E-state index is 0.278. The zero-order valence-electron chi connectivity index (χ0n) is 5.81. The first kappa shape index (κ1) is 6.09. The molecule has 2 aromatic rings. The summed E-state index contributed by atoms with van der Waals surface area (Å²) in [6.45, 7) is 1.74. The molecule has 0 radical (unpaired) electrons. The number of aldehydes is 1. The van der Waals surface area contributed by atoms with Gasteiger partial charge in [0.15, 0.2) is 12.0 Å². The van der Waals surface area contributed by atoms with E-state index in [2.05, 4.69) is 10.1 Å². The maximum atomic E-state index is 10.3. The molecule has 0 fully saturated rings. The molecule has 5 heteroatoms. The predicted octanol–water partition coefficient (Wildman–Crippen LogP) is 0.443. The Hall–Kier alpha value is -1.65. The molecule has 0 saturated heterocycles. The molecule has 2 aromatic heterocycles. The van der Waals surface area contributed by atoms with Crippen LogP contribution in [0.3, 0.4) is 0 Å². The molecular formula is C6H5N3O2. The van der Waals surface area contributed by atoms with Gasteiger partial charge in [0.05, 0.1) is 5.69 Å². The molecule has 0 bridgehead atoms. The smallest absolute Gasteiger partial charge is 0.325 e. The van der Waals surface area contributed by atoms with E-state index in [1.807, 2.05) is 0 Å². The summed E-state index contributed by atoms with van der Waals surface area (Å²) in [5.74, 6) is 0.630. The second kappa shape index (κ2) is 1.91. The minimum Gasteiger partial charge on any atom is -0.419 e. The zero-order chi connectivity index (χ0) is 7.84. The van der Waals surface area contributed by atoms with Gasteiger partial charge in [-0.05, 0) is 6.92 Å². The number of carbonyl (C=O) groups excluding carboxylic acids is 1. The average Bonchev–Trinajstić information content (AvgIpc) is 2.53. The highest BCUT2D eigenvalue weighted by atomic mass is 16.4. The van der Waals surface area contributed by atoms with E-state index in [1.165, 1.54) is 10.8 Å². The fourth-order valence-corrected chi connectivity index (χ4v) is 0.916. The summed E-state index contributed by atoms with van der Waals surface area (Å²) in [5, 5.41) is 3.84. The molecule has 56 valence electrons. The normalized spacial score (nSPS) is 10.6. The average molecular weight is 151 g/mol. The van der Waals surface area contributed by atoms with Crippen LogP contribution in [-0.2, 0) is 0 Å². The van der Waals surface area contributed by atoms with Gasteiger partial charge in [0.1, 0.15) is 6.33 Å². The Morgan fingerprint density at radius 3 is 3.18 bits per heavy atom. The fraction of sp³-hybridized carbons (Fsp3) is 0.167. The van der Waals surface area contributed by atoms with Crippen molar-refractivity contribution < 1.29 is 9.21 Å². The number of oxazole rings is 1. The molecule has 0 unspecified atom stereocenters. The van der Waals surface area contributed by atoms with Crippen molar-refractivity contribution in [2.75, 3.05) is 0 Å². The maximum Gasteiger partial charge on any atom is 0.325 e. The number of aryl methyl sites for hydroxylation is 1. The number of rotatable bonds is 1. The Labute approximate surface area is 61.6 Å². The Morgan fingerprint density at radius 1 is 1.73 bits per heavy atom. The highest BCUT2D eigenvalue weighted by Crippen LogP contribution is 2.09. The molecule has 0 aromatic carbocycles. The SMILES string of the molecule is Cc1c(C=O)oc2ncnn12. The van der Waals surface area contributed by atoms with Crippen LogP contribution < -0.4 is 0 Å². The first-order chi connectivity index (χ1) is 5.33. The molecule has 0 aliphatic carbocycles. The summed E-state index contributed by atoms with van der Waals surface area (Å²) in [4.78, 5) is 14.1. The van der Waals surface area contributed by atoms with E-state index in [0.717, 1.165) is 0 Å². The van der Waals surface area contributed by atoms with E-state index in [0.29, 0.717) is 17.8 Å². The van der Waals surface area contributed by atoms with Crippen LogP contribution in [0.4, 0.5) is 0 Å². The second-order valence-corrected chi connectivity index (χ2v) is 2.12. The van der Waals surface area contributed by atoms with Crippen molar-refractivity contribution in [2.45, 2.75) is 6.92 Å². The molecule has 0 atom stereocenters. The largest absolute Gasteiger partial charge is 0.419 e. The van der Waals surface area contributed by atoms with Crippen LogP contribution in [-0.4, -0.2) is 20.9 Å². The number of nitrogens with zero attached hydrogens (tertiary/aromatic N) is 3. The lowest BCUT2D eigenvalue weighted by Crippen LogP contribution is -1.88. The van der Waals surface area contributed by atoms with Crippen molar-refractivity contribution in [2.24, 2.45) is 0 Å². The van der Waals surface area contributed by atoms with Crippen LogP contribution in [0.5, 0.6) is 0 Å². The summed E-state index contributed by atoms with van der Waals surface area (Å²) < 4.78 is 6.49. The molecule has 0 aliphatic heterocycles. The summed E-state index contributed by atoms with van der Waals surface area (Å²) in [5.41, 5.74) is 0.674. The summed E-state index contributed by atoms with van der Waals surface area (Å²) in [6.07, 6.45) is 2.02. The lowest BCUT2D eigenvalue weighted by molar-refractivity contribution is 0.110. The van der Waals surface area contributed by atoms with E-state index < -0.39 is 0 Å². The van der Waals surface area contributed by atoms with E-state index in [-0.39, 0.29) is 5.76 Å². The maximum absolute atomic E-state index is 10.3. The van der Waals surface area contributed by atoms with Crippen molar-refractivity contribution in [1.82, 2.24) is 14.6 Å². The Kier molecular flexibility index (Phi) is 1.06. The number of fused-ring (bicyclic) bond motifs is 1. The molecule has 0 amide bonds. The number of hydrogen-bond acceptors (Lipinski definition) is 4. The highest BCUT2D eigenvalue weighted by Gasteiger charge is 2.09. The summed E-state index contributed by atoms with van der Waals surface area (Å²) >= 11 is 0. The van der Waals surface area contributed by atoms with Crippen molar-refractivity contribution in [3.63, 3.8) is 0 Å². The van der Waals surface area contributed by atoms with Gasteiger partial charge in [-0.15, -0.1) is 0 Å². The van der Waals surface area contributed by atoms with Gasteiger partial charge in [0, 0.05) is 0 Å². The molecule has 5 nitrogen and oxygen atoms in total. The molecule has 0 spiro atoms. The molecular weight excluding hydrogens is 146 g/mol. The Bertz CT molecular complexity index is 401. The van der Waals surface area contributed by atoms with Gasteiger partial charge in [-0.2, -0.15) is 14.6 Å². The minimum atomic E-state index is 0.278. The van der Waals surface area contributed by atoms with Crippen molar-refractivity contribution >= 4 is 12.1 Å². The summed E-state index contributed by atoms with van der Waals surface area (Å²) in [6, 6.07) is 0. The lowest BCUT2D eigenvalue weighted by atomic mass is 10.4. The molecule has 0 N–H and O–H groups in total. The van der Waals surface area contributed by atoms with Crippen molar-refractivity contribution in [1.29, 1.82) is 0 Å². The molecule has 2 heterocycles. The van der Waals surface area contributed by atoms with Gasteiger partial charge in [0.25, 0.3) is 0 Å². The van der Waals surface area contributed by atoms with Crippen LogP contribution in [0.15, 0.2) is 10.7 Å². The van der Waals surface area contributed by atoms with Gasteiger partial charge in [-0.25, -0.2) is 0 Å². The van der Waals surface area contributed by atoms with Gasteiger partial charge in [0.2, 0.25) is 0 Å². The predicted molar refractivity (Wildman–Crippen MR) is 35.4 cm³/mol. The topological polar surface area (TPSA) is 60.4 Å².